The zero-order valence-corrected chi connectivity index (χ0v) is 15.7. The molecule has 0 saturated carbocycles. The summed E-state index contributed by atoms with van der Waals surface area (Å²) in [5, 5.41) is 0. The first kappa shape index (κ1) is 19.1. The zero-order valence-electron chi connectivity index (χ0n) is 14.9. The molecule has 0 saturated heterocycles. The SMILES string of the molecule is CCN(CC)C(=O)c1nc(CNS(=O)(=O)c2cccc(C)c2)oc1C. The van der Waals surface area contributed by atoms with E-state index in [1.54, 1.807) is 24.0 Å². The van der Waals surface area contributed by atoms with E-state index in [-0.39, 0.29) is 28.9 Å². The van der Waals surface area contributed by atoms with E-state index in [4.69, 9.17) is 4.42 Å². The number of aryl methyl sites for hydroxylation is 2. The van der Waals surface area contributed by atoms with Crippen LogP contribution in [-0.2, 0) is 16.6 Å². The molecule has 2 rings (SSSR count). The number of amides is 1. The van der Waals surface area contributed by atoms with Crippen molar-refractivity contribution in [3.63, 3.8) is 0 Å². The van der Waals surface area contributed by atoms with E-state index >= 15 is 0 Å². The van der Waals surface area contributed by atoms with E-state index in [1.807, 2.05) is 26.8 Å². The van der Waals surface area contributed by atoms with Crippen molar-refractivity contribution >= 4 is 15.9 Å². The average Bonchev–Trinajstić information content (AvgIpc) is 2.95. The minimum atomic E-state index is -3.68. The predicted octanol–water partition coefficient (Wildman–Crippen LogP) is 2.25. The molecule has 1 aromatic carbocycles. The monoisotopic (exact) mass is 365 g/mol. The second-order valence-corrected chi connectivity index (χ2v) is 7.40. The predicted molar refractivity (Wildman–Crippen MR) is 93.7 cm³/mol. The summed E-state index contributed by atoms with van der Waals surface area (Å²) < 4.78 is 32.5. The Morgan fingerprint density at radius 3 is 2.52 bits per heavy atom. The Bertz CT molecular complexity index is 855. The lowest BCUT2D eigenvalue weighted by molar-refractivity contribution is 0.0766. The van der Waals surface area contributed by atoms with Gasteiger partial charge in [-0.25, -0.2) is 18.1 Å². The Morgan fingerprint density at radius 1 is 1.24 bits per heavy atom. The Morgan fingerprint density at radius 2 is 1.92 bits per heavy atom. The molecule has 0 spiro atoms. The van der Waals surface area contributed by atoms with Gasteiger partial charge in [-0.3, -0.25) is 4.79 Å². The number of benzene rings is 1. The lowest BCUT2D eigenvalue weighted by atomic mass is 10.2. The van der Waals surface area contributed by atoms with Gasteiger partial charge >= 0.3 is 0 Å². The lowest BCUT2D eigenvalue weighted by Gasteiger charge is -2.16. The van der Waals surface area contributed by atoms with Gasteiger partial charge in [-0.1, -0.05) is 12.1 Å². The number of carbonyl (C=O) groups excluding carboxylic acids is 1. The van der Waals surface area contributed by atoms with Gasteiger partial charge in [-0.15, -0.1) is 0 Å². The number of oxazole rings is 1. The molecule has 7 nitrogen and oxygen atoms in total. The third kappa shape index (κ3) is 4.46. The van der Waals surface area contributed by atoms with Crippen LogP contribution in [0.15, 0.2) is 33.6 Å². The van der Waals surface area contributed by atoms with Gasteiger partial charge < -0.3 is 9.32 Å². The van der Waals surface area contributed by atoms with Crippen LogP contribution >= 0.6 is 0 Å². The first-order valence-electron chi connectivity index (χ1n) is 8.10. The fraction of sp³-hybridized carbons (Fsp3) is 0.412. The van der Waals surface area contributed by atoms with E-state index in [1.165, 1.54) is 6.07 Å². The highest BCUT2D eigenvalue weighted by atomic mass is 32.2. The number of rotatable bonds is 7. The van der Waals surface area contributed by atoms with Gasteiger partial charge in [0.25, 0.3) is 5.91 Å². The first-order chi connectivity index (χ1) is 11.8. The van der Waals surface area contributed by atoms with Crippen molar-refractivity contribution in [2.24, 2.45) is 0 Å². The van der Waals surface area contributed by atoms with Gasteiger partial charge in [0.2, 0.25) is 15.9 Å². The molecule has 0 unspecified atom stereocenters. The molecule has 2 aromatic rings. The summed E-state index contributed by atoms with van der Waals surface area (Å²) in [4.78, 5) is 18.3. The summed E-state index contributed by atoms with van der Waals surface area (Å²) in [6.07, 6.45) is 0. The third-order valence-electron chi connectivity index (χ3n) is 3.81. The molecule has 0 bridgehead atoms. The Balaban J connectivity index is 2.14. The number of nitrogens with one attached hydrogen (secondary N) is 1. The Hall–Kier alpha value is -2.19. The first-order valence-corrected chi connectivity index (χ1v) is 9.58. The summed E-state index contributed by atoms with van der Waals surface area (Å²) in [6.45, 7) is 8.24. The Kier molecular flexibility index (Phi) is 5.97. The van der Waals surface area contributed by atoms with Gasteiger partial charge in [0.1, 0.15) is 5.76 Å². The molecule has 0 radical (unpaired) electrons. The number of hydrogen-bond acceptors (Lipinski definition) is 5. The highest BCUT2D eigenvalue weighted by Gasteiger charge is 2.22. The van der Waals surface area contributed by atoms with Crippen molar-refractivity contribution in [3.05, 3.63) is 47.2 Å². The highest BCUT2D eigenvalue weighted by molar-refractivity contribution is 7.89. The number of sulfonamides is 1. The van der Waals surface area contributed by atoms with Crippen LogP contribution in [0.2, 0.25) is 0 Å². The van der Waals surface area contributed by atoms with E-state index in [0.717, 1.165) is 5.56 Å². The zero-order chi connectivity index (χ0) is 18.6. The molecular weight excluding hydrogens is 342 g/mol. The van der Waals surface area contributed by atoms with Crippen LogP contribution < -0.4 is 4.72 Å². The number of nitrogens with zero attached hydrogens (tertiary/aromatic N) is 2. The van der Waals surface area contributed by atoms with Crippen molar-refractivity contribution in [2.45, 2.75) is 39.1 Å². The molecule has 0 aliphatic carbocycles. The van der Waals surface area contributed by atoms with Crippen LogP contribution in [0, 0.1) is 13.8 Å². The van der Waals surface area contributed by atoms with E-state index in [9.17, 15) is 13.2 Å². The molecule has 0 atom stereocenters. The maximum Gasteiger partial charge on any atom is 0.276 e. The number of aromatic nitrogens is 1. The fourth-order valence-electron chi connectivity index (χ4n) is 2.41. The second kappa shape index (κ2) is 7.79. The van der Waals surface area contributed by atoms with Crippen molar-refractivity contribution in [1.29, 1.82) is 0 Å². The minimum absolute atomic E-state index is 0.122. The summed E-state index contributed by atoms with van der Waals surface area (Å²) in [7, 11) is -3.68. The Labute approximate surface area is 148 Å². The van der Waals surface area contributed by atoms with Gasteiger partial charge in [0, 0.05) is 13.1 Å². The molecule has 0 aliphatic rings. The minimum Gasteiger partial charge on any atom is -0.444 e. The van der Waals surface area contributed by atoms with Crippen molar-refractivity contribution in [3.8, 4) is 0 Å². The molecule has 0 fully saturated rings. The number of hydrogen-bond donors (Lipinski definition) is 1. The fourth-order valence-corrected chi connectivity index (χ4v) is 3.49. The topological polar surface area (TPSA) is 92.5 Å². The molecule has 1 N–H and O–H groups in total. The van der Waals surface area contributed by atoms with E-state index in [0.29, 0.717) is 18.8 Å². The maximum atomic E-state index is 12.4. The quantitative estimate of drug-likeness (QED) is 0.812. The standard InChI is InChI=1S/C17H23N3O4S/c1-5-20(6-2)17(21)16-13(4)24-15(19-16)11-18-25(22,23)14-9-7-8-12(3)10-14/h7-10,18H,5-6,11H2,1-4H3. The average molecular weight is 365 g/mol. The van der Waals surface area contributed by atoms with E-state index < -0.39 is 10.0 Å². The van der Waals surface area contributed by atoms with Crippen LogP contribution in [0.1, 0.15) is 41.6 Å². The van der Waals surface area contributed by atoms with Gasteiger partial charge in [0.15, 0.2) is 5.69 Å². The van der Waals surface area contributed by atoms with Gasteiger partial charge in [-0.2, -0.15) is 0 Å². The van der Waals surface area contributed by atoms with Crippen molar-refractivity contribution in [1.82, 2.24) is 14.6 Å². The normalized spacial score (nSPS) is 11.5. The summed E-state index contributed by atoms with van der Waals surface area (Å²) in [6, 6.07) is 6.60. The third-order valence-corrected chi connectivity index (χ3v) is 5.21. The molecular formula is C17H23N3O4S. The van der Waals surface area contributed by atoms with Crippen molar-refractivity contribution in [2.75, 3.05) is 13.1 Å². The van der Waals surface area contributed by atoms with Gasteiger partial charge in [0.05, 0.1) is 11.4 Å². The van der Waals surface area contributed by atoms with Crippen LogP contribution in [0.4, 0.5) is 0 Å². The molecule has 8 heteroatoms. The smallest absolute Gasteiger partial charge is 0.276 e. The van der Waals surface area contributed by atoms with Crippen LogP contribution in [0.5, 0.6) is 0 Å². The van der Waals surface area contributed by atoms with Gasteiger partial charge in [-0.05, 0) is 45.4 Å². The summed E-state index contributed by atoms with van der Waals surface area (Å²) >= 11 is 0. The summed E-state index contributed by atoms with van der Waals surface area (Å²) in [5.41, 5.74) is 1.07. The highest BCUT2D eigenvalue weighted by Crippen LogP contribution is 2.15. The maximum absolute atomic E-state index is 12.4. The molecule has 25 heavy (non-hydrogen) atoms. The molecule has 1 heterocycles. The van der Waals surface area contributed by atoms with Crippen LogP contribution in [0.3, 0.4) is 0 Å². The van der Waals surface area contributed by atoms with E-state index in [2.05, 4.69) is 9.71 Å². The largest absolute Gasteiger partial charge is 0.444 e. The van der Waals surface area contributed by atoms with Crippen LogP contribution in [-0.4, -0.2) is 37.3 Å². The molecule has 136 valence electrons. The molecule has 1 amide bonds. The van der Waals surface area contributed by atoms with Crippen LogP contribution in [0.25, 0.3) is 0 Å². The summed E-state index contributed by atoms with van der Waals surface area (Å²) in [5.74, 6) is 0.310. The second-order valence-electron chi connectivity index (χ2n) is 5.63. The number of carbonyl (C=O) groups is 1. The molecule has 0 aliphatic heterocycles. The van der Waals surface area contributed by atoms with Crippen molar-refractivity contribution < 1.29 is 17.6 Å². The lowest BCUT2D eigenvalue weighted by Crippen LogP contribution is -2.31. The molecule has 1 aromatic heterocycles.